The molecule has 0 bridgehead atoms. The van der Waals surface area contributed by atoms with E-state index in [1.54, 1.807) is 0 Å². The Morgan fingerprint density at radius 3 is 2.35 bits per heavy atom. The second-order valence-corrected chi connectivity index (χ2v) is 6.61. The number of para-hydroxylation sites is 1. The van der Waals surface area contributed by atoms with Crippen molar-refractivity contribution in [2.75, 3.05) is 0 Å². The van der Waals surface area contributed by atoms with Gasteiger partial charge in [-0.15, -0.1) is 0 Å². The summed E-state index contributed by atoms with van der Waals surface area (Å²) in [6.45, 7) is 5.05. The molecule has 0 saturated heterocycles. The van der Waals surface area contributed by atoms with Crippen LogP contribution in [0.4, 0.5) is 0 Å². The Kier molecular flexibility index (Phi) is 6.08. The van der Waals surface area contributed by atoms with Gasteiger partial charge < -0.3 is 10.1 Å². The van der Waals surface area contributed by atoms with Crippen LogP contribution in [0.1, 0.15) is 42.8 Å². The fourth-order valence-corrected chi connectivity index (χ4v) is 3.13. The zero-order valence-electron chi connectivity index (χ0n) is 15.8. The first-order valence-electron chi connectivity index (χ1n) is 9.21. The minimum absolute atomic E-state index is 0.320. The van der Waals surface area contributed by atoms with Crippen LogP contribution in [0, 0.1) is 6.92 Å². The van der Waals surface area contributed by atoms with Crippen LogP contribution in [0.5, 0.6) is 11.5 Å². The molecule has 0 aliphatic carbocycles. The second-order valence-electron chi connectivity index (χ2n) is 6.61. The van der Waals surface area contributed by atoms with Crippen molar-refractivity contribution >= 4 is 0 Å². The Hall–Kier alpha value is -2.59. The van der Waals surface area contributed by atoms with E-state index in [-0.39, 0.29) is 0 Å². The van der Waals surface area contributed by atoms with Gasteiger partial charge in [0.25, 0.3) is 0 Å². The van der Waals surface area contributed by atoms with Crippen LogP contribution in [-0.2, 0) is 13.6 Å². The van der Waals surface area contributed by atoms with Crippen molar-refractivity contribution in [3.05, 3.63) is 77.6 Å². The molecule has 4 nitrogen and oxygen atoms in total. The Labute approximate surface area is 155 Å². The van der Waals surface area contributed by atoms with Crippen molar-refractivity contribution in [3.63, 3.8) is 0 Å². The lowest BCUT2D eigenvalue weighted by atomic mass is 10.0. The maximum Gasteiger partial charge on any atom is 0.127 e. The first-order valence-corrected chi connectivity index (χ1v) is 9.21. The van der Waals surface area contributed by atoms with Crippen molar-refractivity contribution in [3.8, 4) is 11.5 Å². The van der Waals surface area contributed by atoms with Crippen LogP contribution < -0.4 is 10.1 Å². The summed E-state index contributed by atoms with van der Waals surface area (Å²) in [7, 11) is 1.99. The number of ether oxygens (including phenoxy) is 1. The molecule has 26 heavy (non-hydrogen) atoms. The Bertz CT molecular complexity index is 809. The number of nitrogens with one attached hydrogen (secondary N) is 1. The maximum absolute atomic E-state index is 5.89. The number of nitrogens with zero attached hydrogens (tertiary/aromatic N) is 2. The van der Waals surface area contributed by atoms with E-state index in [4.69, 9.17) is 4.74 Å². The highest BCUT2D eigenvalue weighted by molar-refractivity contribution is 5.34. The van der Waals surface area contributed by atoms with Crippen LogP contribution in [0.25, 0.3) is 0 Å². The first-order chi connectivity index (χ1) is 12.7. The molecule has 1 atom stereocenters. The number of hydrogen-bond acceptors (Lipinski definition) is 3. The van der Waals surface area contributed by atoms with Gasteiger partial charge in [0.05, 0.1) is 11.4 Å². The molecular formula is C22H27N3O. The quantitative estimate of drug-likeness (QED) is 0.611. The standard InChI is InChI=1S/C22H27N3O/c1-4-8-22(23-16-19-15-17(2)24-25(19)3)18-11-13-21(14-12-18)26-20-9-6-5-7-10-20/h5-7,9-15,22-23H,4,8,16H2,1-3H3. The highest BCUT2D eigenvalue weighted by Crippen LogP contribution is 2.25. The van der Waals surface area contributed by atoms with E-state index in [0.717, 1.165) is 36.6 Å². The molecule has 136 valence electrons. The topological polar surface area (TPSA) is 39.1 Å². The number of aryl methyl sites for hydroxylation is 2. The lowest BCUT2D eigenvalue weighted by molar-refractivity contribution is 0.473. The predicted octanol–water partition coefficient (Wildman–Crippen LogP) is 5.15. The predicted molar refractivity (Wildman–Crippen MR) is 105 cm³/mol. The van der Waals surface area contributed by atoms with Gasteiger partial charge in [-0.1, -0.05) is 43.7 Å². The van der Waals surface area contributed by atoms with Gasteiger partial charge in [0.2, 0.25) is 0 Å². The third-order valence-electron chi connectivity index (χ3n) is 4.47. The van der Waals surface area contributed by atoms with Crippen LogP contribution in [0.2, 0.25) is 0 Å². The van der Waals surface area contributed by atoms with Crippen LogP contribution in [0.15, 0.2) is 60.7 Å². The molecule has 0 spiro atoms. The largest absolute Gasteiger partial charge is 0.457 e. The summed E-state index contributed by atoms with van der Waals surface area (Å²) in [5.41, 5.74) is 3.54. The van der Waals surface area contributed by atoms with Gasteiger partial charge in [-0.25, -0.2) is 0 Å². The number of benzene rings is 2. The smallest absolute Gasteiger partial charge is 0.127 e. The third kappa shape index (κ3) is 4.73. The summed E-state index contributed by atoms with van der Waals surface area (Å²) in [5.74, 6) is 1.72. The van der Waals surface area contributed by atoms with Crippen molar-refractivity contribution in [1.29, 1.82) is 0 Å². The average Bonchev–Trinajstić information content (AvgIpc) is 2.97. The van der Waals surface area contributed by atoms with E-state index in [2.05, 4.69) is 35.5 Å². The molecule has 2 aromatic carbocycles. The summed E-state index contributed by atoms with van der Waals surface area (Å²) in [5, 5.41) is 8.09. The molecule has 1 N–H and O–H groups in total. The molecule has 1 aromatic heterocycles. The molecule has 0 amide bonds. The van der Waals surface area contributed by atoms with Gasteiger partial charge >= 0.3 is 0 Å². The Balaban J connectivity index is 1.66. The minimum Gasteiger partial charge on any atom is -0.457 e. The fraction of sp³-hybridized carbons (Fsp3) is 0.318. The molecule has 1 unspecified atom stereocenters. The average molecular weight is 349 g/mol. The monoisotopic (exact) mass is 349 g/mol. The number of hydrogen-bond donors (Lipinski definition) is 1. The summed E-state index contributed by atoms with van der Waals surface area (Å²) >= 11 is 0. The van der Waals surface area contributed by atoms with Crippen LogP contribution in [0.3, 0.4) is 0 Å². The van der Waals surface area contributed by atoms with Crippen molar-refractivity contribution < 1.29 is 4.74 Å². The molecule has 0 aliphatic heterocycles. The zero-order chi connectivity index (χ0) is 18.4. The number of rotatable bonds is 8. The number of aromatic nitrogens is 2. The fourth-order valence-electron chi connectivity index (χ4n) is 3.13. The van der Waals surface area contributed by atoms with E-state index in [0.29, 0.717) is 6.04 Å². The summed E-state index contributed by atoms with van der Waals surface area (Å²) in [6, 6.07) is 20.7. The minimum atomic E-state index is 0.320. The highest BCUT2D eigenvalue weighted by atomic mass is 16.5. The summed E-state index contributed by atoms with van der Waals surface area (Å²) < 4.78 is 7.84. The first kappa shape index (κ1) is 18.2. The molecule has 0 radical (unpaired) electrons. The SMILES string of the molecule is CCCC(NCc1cc(C)nn1C)c1ccc(Oc2ccccc2)cc1. The molecule has 3 aromatic rings. The van der Waals surface area contributed by atoms with Gasteiger partial charge in [0, 0.05) is 19.6 Å². The van der Waals surface area contributed by atoms with E-state index < -0.39 is 0 Å². The van der Waals surface area contributed by atoms with Crippen LogP contribution >= 0.6 is 0 Å². The van der Waals surface area contributed by atoms with Crippen molar-refractivity contribution in [2.45, 2.75) is 39.3 Å². The van der Waals surface area contributed by atoms with Gasteiger partial charge in [-0.3, -0.25) is 4.68 Å². The van der Waals surface area contributed by atoms with Gasteiger partial charge in [-0.2, -0.15) is 5.10 Å². The van der Waals surface area contributed by atoms with E-state index in [9.17, 15) is 0 Å². The molecule has 4 heteroatoms. The molecular weight excluding hydrogens is 322 g/mol. The van der Waals surface area contributed by atoms with Gasteiger partial charge in [0.15, 0.2) is 0 Å². The molecule has 1 heterocycles. The Morgan fingerprint density at radius 2 is 1.73 bits per heavy atom. The van der Waals surface area contributed by atoms with E-state index >= 15 is 0 Å². The van der Waals surface area contributed by atoms with Crippen molar-refractivity contribution in [1.82, 2.24) is 15.1 Å². The van der Waals surface area contributed by atoms with Crippen LogP contribution in [-0.4, -0.2) is 9.78 Å². The Morgan fingerprint density at radius 1 is 1.04 bits per heavy atom. The highest BCUT2D eigenvalue weighted by Gasteiger charge is 2.12. The maximum atomic E-state index is 5.89. The molecule has 0 fully saturated rings. The zero-order valence-corrected chi connectivity index (χ0v) is 15.8. The molecule has 0 saturated carbocycles. The summed E-state index contributed by atoms with van der Waals surface area (Å²) in [6.07, 6.45) is 2.22. The summed E-state index contributed by atoms with van der Waals surface area (Å²) in [4.78, 5) is 0. The van der Waals surface area contributed by atoms with Crippen molar-refractivity contribution in [2.24, 2.45) is 7.05 Å². The molecule has 0 aliphatic rings. The third-order valence-corrected chi connectivity index (χ3v) is 4.47. The lowest BCUT2D eigenvalue weighted by Crippen LogP contribution is -2.22. The molecule has 3 rings (SSSR count). The van der Waals surface area contributed by atoms with E-state index in [1.807, 2.05) is 61.1 Å². The van der Waals surface area contributed by atoms with Gasteiger partial charge in [-0.05, 0) is 49.2 Å². The lowest BCUT2D eigenvalue weighted by Gasteiger charge is -2.19. The normalized spacial score (nSPS) is 12.1. The van der Waals surface area contributed by atoms with Gasteiger partial charge in [0.1, 0.15) is 11.5 Å². The second kappa shape index (κ2) is 8.68. The van der Waals surface area contributed by atoms with E-state index in [1.165, 1.54) is 11.3 Å².